The molecule has 1 saturated heterocycles. The van der Waals surface area contributed by atoms with Crippen molar-refractivity contribution in [2.45, 2.75) is 36.9 Å². The summed E-state index contributed by atoms with van der Waals surface area (Å²) < 4.78 is 45.4. The number of benzene rings is 1. The van der Waals surface area contributed by atoms with E-state index in [9.17, 15) is 12.8 Å². The summed E-state index contributed by atoms with van der Waals surface area (Å²) in [5.74, 6) is -0.656. The van der Waals surface area contributed by atoms with Gasteiger partial charge in [-0.3, -0.25) is 0 Å². The number of sulfonamides is 1. The first-order chi connectivity index (χ1) is 9.53. The van der Waals surface area contributed by atoms with Crippen LogP contribution in [0.15, 0.2) is 23.1 Å². The van der Waals surface area contributed by atoms with Gasteiger partial charge in [-0.05, 0) is 37.0 Å². The number of aliphatic hydroxyl groups excluding tert-OH is 1. The van der Waals surface area contributed by atoms with Crippen molar-refractivity contribution in [2.75, 3.05) is 13.2 Å². The number of aliphatic hydroxyl groups is 1. The number of nitrogens with one attached hydrogen (secondary N) is 1. The minimum absolute atomic E-state index is 0.148. The molecule has 0 bridgehead atoms. The number of halogens is 1. The van der Waals surface area contributed by atoms with Crippen LogP contribution in [-0.2, 0) is 21.4 Å². The second-order valence-corrected chi connectivity index (χ2v) is 6.49. The maximum atomic E-state index is 13.2. The molecule has 1 aliphatic heterocycles. The summed E-state index contributed by atoms with van der Waals surface area (Å²) in [6.45, 7) is 0.328. The summed E-state index contributed by atoms with van der Waals surface area (Å²) in [6.07, 6.45) is 2.65. The molecule has 1 heterocycles. The molecule has 1 aliphatic rings. The van der Waals surface area contributed by atoms with Crippen molar-refractivity contribution in [1.82, 2.24) is 4.72 Å². The molecule has 1 fully saturated rings. The van der Waals surface area contributed by atoms with E-state index in [-0.39, 0.29) is 23.1 Å². The Hall–Kier alpha value is -1.02. The molecule has 1 aromatic carbocycles. The summed E-state index contributed by atoms with van der Waals surface area (Å²) in [5.41, 5.74) is 0.170. The molecular weight excluding hydrogens is 285 g/mol. The molecule has 0 spiro atoms. The minimum atomic E-state index is -3.85. The van der Waals surface area contributed by atoms with Gasteiger partial charge in [-0.2, -0.15) is 0 Å². The zero-order chi connectivity index (χ0) is 14.6. The van der Waals surface area contributed by atoms with Crippen LogP contribution in [0.2, 0.25) is 0 Å². The molecule has 0 saturated carbocycles. The van der Waals surface area contributed by atoms with Gasteiger partial charge < -0.3 is 9.84 Å². The van der Waals surface area contributed by atoms with Crippen molar-refractivity contribution < 1.29 is 22.7 Å². The predicted octanol–water partition coefficient (Wildman–Crippen LogP) is 1.17. The first-order valence-electron chi connectivity index (χ1n) is 6.53. The van der Waals surface area contributed by atoms with Crippen LogP contribution >= 0.6 is 0 Å². The second-order valence-electron chi connectivity index (χ2n) is 4.75. The molecule has 112 valence electrons. The van der Waals surface area contributed by atoms with Crippen molar-refractivity contribution in [1.29, 1.82) is 0 Å². The Morgan fingerprint density at radius 3 is 2.85 bits per heavy atom. The van der Waals surface area contributed by atoms with Crippen LogP contribution in [0, 0.1) is 5.82 Å². The highest BCUT2D eigenvalue weighted by Gasteiger charge is 2.22. The minimum Gasteiger partial charge on any atom is -0.392 e. The molecule has 1 atom stereocenters. The van der Waals surface area contributed by atoms with Crippen LogP contribution in [0.3, 0.4) is 0 Å². The van der Waals surface area contributed by atoms with Gasteiger partial charge in [0.25, 0.3) is 0 Å². The molecule has 0 aliphatic carbocycles. The molecule has 2 N–H and O–H groups in total. The van der Waals surface area contributed by atoms with E-state index >= 15 is 0 Å². The van der Waals surface area contributed by atoms with Gasteiger partial charge in [-0.25, -0.2) is 17.5 Å². The summed E-state index contributed by atoms with van der Waals surface area (Å²) in [7, 11) is -3.85. The van der Waals surface area contributed by atoms with Gasteiger partial charge in [-0.1, -0.05) is 6.07 Å². The van der Waals surface area contributed by atoms with Gasteiger partial charge in [0.1, 0.15) is 5.82 Å². The fraction of sp³-hybridized carbons (Fsp3) is 0.538. The third-order valence-corrected chi connectivity index (χ3v) is 4.77. The van der Waals surface area contributed by atoms with E-state index in [1.807, 2.05) is 0 Å². The lowest BCUT2D eigenvalue weighted by Crippen LogP contribution is -2.35. The number of rotatable bonds is 5. The van der Waals surface area contributed by atoms with Gasteiger partial charge in [0.05, 0.1) is 17.6 Å². The molecule has 1 aromatic rings. The number of hydrogen-bond acceptors (Lipinski definition) is 4. The molecule has 7 heteroatoms. The van der Waals surface area contributed by atoms with Gasteiger partial charge in [-0.15, -0.1) is 0 Å². The Balaban J connectivity index is 2.11. The van der Waals surface area contributed by atoms with Gasteiger partial charge in [0.2, 0.25) is 10.0 Å². The van der Waals surface area contributed by atoms with E-state index in [1.165, 1.54) is 6.07 Å². The van der Waals surface area contributed by atoms with E-state index in [1.54, 1.807) is 0 Å². The topological polar surface area (TPSA) is 75.6 Å². The lowest BCUT2D eigenvalue weighted by atomic mass is 10.1. The standard InChI is InChI=1S/C13H18FNO4S/c14-11-5-4-10(9-16)13(7-11)20(17,18)15-8-12-3-1-2-6-19-12/h4-5,7,12,15-16H,1-3,6,8-9H2. The average Bonchev–Trinajstić information content (AvgIpc) is 2.46. The molecule has 5 nitrogen and oxygen atoms in total. The largest absolute Gasteiger partial charge is 0.392 e. The molecule has 1 unspecified atom stereocenters. The Bertz CT molecular complexity index is 555. The molecule has 2 rings (SSSR count). The van der Waals surface area contributed by atoms with Gasteiger partial charge >= 0.3 is 0 Å². The lowest BCUT2D eigenvalue weighted by Gasteiger charge is -2.22. The molecular formula is C13H18FNO4S. The Kier molecular flexibility index (Phi) is 5.09. The van der Waals surface area contributed by atoms with Crippen molar-refractivity contribution in [2.24, 2.45) is 0 Å². The second kappa shape index (κ2) is 6.62. The summed E-state index contributed by atoms with van der Waals surface area (Å²) >= 11 is 0. The molecule has 0 amide bonds. The normalized spacial score (nSPS) is 20.0. The monoisotopic (exact) mass is 303 g/mol. The van der Waals surface area contributed by atoms with Gasteiger partial charge in [0.15, 0.2) is 0 Å². The fourth-order valence-electron chi connectivity index (χ4n) is 2.16. The van der Waals surface area contributed by atoms with Crippen LogP contribution < -0.4 is 4.72 Å². The molecule has 20 heavy (non-hydrogen) atoms. The van der Waals surface area contributed by atoms with Gasteiger partial charge in [0, 0.05) is 13.2 Å². The summed E-state index contributed by atoms with van der Waals surface area (Å²) in [5, 5.41) is 9.15. The van der Waals surface area contributed by atoms with Crippen LogP contribution in [0.4, 0.5) is 4.39 Å². The van der Waals surface area contributed by atoms with E-state index in [2.05, 4.69) is 4.72 Å². The maximum Gasteiger partial charge on any atom is 0.241 e. The average molecular weight is 303 g/mol. The smallest absolute Gasteiger partial charge is 0.241 e. The van der Waals surface area contributed by atoms with E-state index in [0.717, 1.165) is 31.4 Å². The van der Waals surface area contributed by atoms with Crippen LogP contribution in [-0.4, -0.2) is 32.8 Å². The van der Waals surface area contributed by atoms with Crippen LogP contribution in [0.5, 0.6) is 0 Å². The third-order valence-electron chi connectivity index (χ3n) is 3.26. The van der Waals surface area contributed by atoms with E-state index in [0.29, 0.717) is 6.61 Å². The predicted molar refractivity (Wildman–Crippen MR) is 71.1 cm³/mol. The van der Waals surface area contributed by atoms with Crippen molar-refractivity contribution in [3.05, 3.63) is 29.6 Å². The maximum absolute atomic E-state index is 13.2. The van der Waals surface area contributed by atoms with E-state index < -0.39 is 22.4 Å². The van der Waals surface area contributed by atoms with Crippen LogP contribution in [0.1, 0.15) is 24.8 Å². The SMILES string of the molecule is O=S(=O)(NCC1CCCCO1)c1cc(F)ccc1CO. The number of hydrogen-bond donors (Lipinski definition) is 2. The Labute approximate surface area is 117 Å². The third kappa shape index (κ3) is 3.76. The molecule has 0 aromatic heterocycles. The summed E-state index contributed by atoms with van der Waals surface area (Å²) in [6, 6.07) is 3.30. The lowest BCUT2D eigenvalue weighted by molar-refractivity contribution is 0.0200. The zero-order valence-corrected chi connectivity index (χ0v) is 11.8. The highest BCUT2D eigenvalue weighted by atomic mass is 32.2. The first kappa shape index (κ1) is 15.4. The fourth-order valence-corrected chi connectivity index (χ4v) is 3.46. The highest BCUT2D eigenvalue weighted by molar-refractivity contribution is 7.89. The summed E-state index contributed by atoms with van der Waals surface area (Å²) in [4.78, 5) is -0.226. The van der Waals surface area contributed by atoms with E-state index in [4.69, 9.17) is 9.84 Å². The Morgan fingerprint density at radius 2 is 2.20 bits per heavy atom. The first-order valence-corrected chi connectivity index (χ1v) is 8.02. The van der Waals surface area contributed by atoms with Crippen LogP contribution in [0.25, 0.3) is 0 Å². The van der Waals surface area contributed by atoms with Crippen molar-refractivity contribution >= 4 is 10.0 Å². The number of ether oxygens (including phenoxy) is 1. The van der Waals surface area contributed by atoms with Crippen molar-refractivity contribution in [3.63, 3.8) is 0 Å². The van der Waals surface area contributed by atoms with Crippen molar-refractivity contribution in [3.8, 4) is 0 Å². The quantitative estimate of drug-likeness (QED) is 0.856. The zero-order valence-electron chi connectivity index (χ0n) is 11.0. The highest BCUT2D eigenvalue weighted by Crippen LogP contribution is 2.18. The molecule has 0 radical (unpaired) electrons. The Morgan fingerprint density at radius 1 is 1.40 bits per heavy atom.